The SMILES string of the molecule is COc1cccnc1C(C)(O)C(C)C. The number of aromatic nitrogens is 1. The molecule has 0 aliphatic carbocycles. The van der Waals surface area contributed by atoms with E-state index in [1.165, 1.54) is 0 Å². The van der Waals surface area contributed by atoms with E-state index in [0.29, 0.717) is 11.4 Å². The van der Waals surface area contributed by atoms with Gasteiger partial charge in [-0.15, -0.1) is 0 Å². The topological polar surface area (TPSA) is 42.4 Å². The molecule has 78 valence electrons. The smallest absolute Gasteiger partial charge is 0.143 e. The molecule has 1 aromatic rings. The van der Waals surface area contributed by atoms with Crippen LogP contribution in [-0.4, -0.2) is 17.2 Å². The Labute approximate surface area is 84.7 Å². The molecule has 1 rings (SSSR count). The molecule has 0 aromatic carbocycles. The van der Waals surface area contributed by atoms with Crippen molar-refractivity contribution in [3.63, 3.8) is 0 Å². The van der Waals surface area contributed by atoms with Gasteiger partial charge >= 0.3 is 0 Å². The van der Waals surface area contributed by atoms with Crippen molar-refractivity contribution in [2.24, 2.45) is 5.92 Å². The van der Waals surface area contributed by atoms with E-state index in [-0.39, 0.29) is 5.92 Å². The third-order valence-electron chi connectivity index (χ3n) is 2.59. The van der Waals surface area contributed by atoms with E-state index in [1.54, 1.807) is 32.4 Å². The standard InChI is InChI=1S/C11H17NO2/c1-8(2)11(3,13)10-9(14-4)6-5-7-12-10/h5-8,13H,1-4H3. The van der Waals surface area contributed by atoms with Crippen molar-refractivity contribution in [3.05, 3.63) is 24.0 Å². The van der Waals surface area contributed by atoms with Gasteiger partial charge in [0.25, 0.3) is 0 Å². The molecular formula is C11H17NO2. The summed E-state index contributed by atoms with van der Waals surface area (Å²) in [5.74, 6) is 0.720. The summed E-state index contributed by atoms with van der Waals surface area (Å²) >= 11 is 0. The normalized spacial score (nSPS) is 15.3. The Morgan fingerprint density at radius 1 is 1.50 bits per heavy atom. The molecule has 1 atom stereocenters. The third-order valence-corrected chi connectivity index (χ3v) is 2.59. The highest BCUT2D eigenvalue weighted by Crippen LogP contribution is 2.33. The third kappa shape index (κ3) is 1.87. The molecule has 0 bridgehead atoms. The largest absolute Gasteiger partial charge is 0.495 e. The van der Waals surface area contributed by atoms with Crippen LogP contribution in [0.2, 0.25) is 0 Å². The lowest BCUT2D eigenvalue weighted by molar-refractivity contribution is 0.00264. The second-order valence-electron chi connectivity index (χ2n) is 3.86. The summed E-state index contributed by atoms with van der Waals surface area (Å²) in [6.45, 7) is 5.66. The zero-order valence-corrected chi connectivity index (χ0v) is 9.11. The van der Waals surface area contributed by atoms with Gasteiger partial charge in [-0.25, -0.2) is 0 Å². The fourth-order valence-corrected chi connectivity index (χ4v) is 1.21. The van der Waals surface area contributed by atoms with Gasteiger partial charge in [-0.2, -0.15) is 0 Å². The number of nitrogens with zero attached hydrogens (tertiary/aromatic N) is 1. The number of hydrogen-bond acceptors (Lipinski definition) is 3. The van der Waals surface area contributed by atoms with Gasteiger partial charge in [0, 0.05) is 6.20 Å². The molecule has 1 aromatic heterocycles. The highest BCUT2D eigenvalue weighted by atomic mass is 16.5. The molecule has 1 N–H and O–H groups in total. The first-order valence-corrected chi connectivity index (χ1v) is 4.72. The van der Waals surface area contributed by atoms with Gasteiger partial charge < -0.3 is 9.84 Å². The fraction of sp³-hybridized carbons (Fsp3) is 0.545. The maximum Gasteiger partial charge on any atom is 0.143 e. The van der Waals surface area contributed by atoms with Crippen LogP contribution < -0.4 is 4.74 Å². The Bertz CT molecular complexity index is 308. The monoisotopic (exact) mass is 195 g/mol. The number of ether oxygens (including phenoxy) is 1. The van der Waals surface area contributed by atoms with Crippen LogP contribution in [-0.2, 0) is 5.60 Å². The van der Waals surface area contributed by atoms with Gasteiger partial charge in [0.05, 0.1) is 7.11 Å². The number of pyridine rings is 1. The zero-order valence-electron chi connectivity index (χ0n) is 9.11. The Kier molecular flexibility index (Phi) is 3.11. The Morgan fingerprint density at radius 3 is 2.64 bits per heavy atom. The zero-order chi connectivity index (χ0) is 10.8. The van der Waals surface area contributed by atoms with Crippen LogP contribution in [0.1, 0.15) is 26.5 Å². The van der Waals surface area contributed by atoms with Crippen LogP contribution in [0.5, 0.6) is 5.75 Å². The Hall–Kier alpha value is -1.09. The molecule has 1 heterocycles. The highest BCUT2D eigenvalue weighted by molar-refractivity contribution is 5.31. The summed E-state index contributed by atoms with van der Waals surface area (Å²) in [5, 5.41) is 10.2. The summed E-state index contributed by atoms with van der Waals surface area (Å²) in [5.41, 5.74) is -0.357. The van der Waals surface area contributed by atoms with Crippen molar-refractivity contribution in [1.29, 1.82) is 0 Å². The maximum atomic E-state index is 10.2. The lowest BCUT2D eigenvalue weighted by Crippen LogP contribution is -2.29. The first kappa shape index (κ1) is 11.0. The maximum absolute atomic E-state index is 10.2. The molecule has 0 saturated heterocycles. The molecule has 0 amide bonds. The molecule has 0 aliphatic heterocycles. The van der Waals surface area contributed by atoms with Crippen molar-refractivity contribution < 1.29 is 9.84 Å². The predicted octanol–water partition coefficient (Wildman–Crippen LogP) is 1.95. The van der Waals surface area contributed by atoms with E-state index in [0.717, 1.165) is 0 Å². The molecule has 14 heavy (non-hydrogen) atoms. The van der Waals surface area contributed by atoms with Crippen LogP contribution in [0.15, 0.2) is 18.3 Å². The summed E-state index contributed by atoms with van der Waals surface area (Å²) in [4.78, 5) is 4.17. The summed E-state index contributed by atoms with van der Waals surface area (Å²) in [7, 11) is 1.58. The summed E-state index contributed by atoms with van der Waals surface area (Å²) in [6, 6.07) is 3.60. The van der Waals surface area contributed by atoms with E-state index < -0.39 is 5.60 Å². The van der Waals surface area contributed by atoms with Crippen LogP contribution in [0.4, 0.5) is 0 Å². The van der Waals surface area contributed by atoms with Crippen LogP contribution in [0, 0.1) is 5.92 Å². The molecule has 1 unspecified atom stereocenters. The highest BCUT2D eigenvalue weighted by Gasteiger charge is 2.31. The first-order chi connectivity index (χ1) is 6.50. The van der Waals surface area contributed by atoms with Gasteiger partial charge in [-0.1, -0.05) is 13.8 Å². The fourth-order valence-electron chi connectivity index (χ4n) is 1.21. The molecule has 0 fully saturated rings. The van der Waals surface area contributed by atoms with Crippen molar-refractivity contribution in [3.8, 4) is 5.75 Å². The van der Waals surface area contributed by atoms with Crippen LogP contribution in [0.25, 0.3) is 0 Å². The molecule has 0 aliphatic rings. The Balaban J connectivity index is 3.17. The second kappa shape index (κ2) is 3.96. The molecular weight excluding hydrogens is 178 g/mol. The van der Waals surface area contributed by atoms with E-state index in [1.807, 2.05) is 13.8 Å². The minimum Gasteiger partial charge on any atom is -0.495 e. The van der Waals surface area contributed by atoms with Gasteiger partial charge in [-0.05, 0) is 25.0 Å². The quantitative estimate of drug-likeness (QED) is 0.801. The Morgan fingerprint density at radius 2 is 2.14 bits per heavy atom. The van der Waals surface area contributed by atoms with E-state index in [4.69, 9.17) is 4.74 Å². The number of rotatable bonds is 3. The summed E-state index contributed by atoms with van der Waals surface area (Å²) in [6.07, 6.45) is 1.66. The van der Waals surface area contributed by atoms with Crippen molar-refractivity contribution >= 4 is 0 Å². The van der Waals surface area contributed by atoms with E-state index >= 15 is 0 Å². The number of hydrogen-bond donors (Lipinski definition) is 1. The predicted molar refractivity (Wildman–Crippen MR) is 55.2 cm³/mol. The van der Waals surface area contributed by atoms with Crippen molar-refractivity contribution in [1.82, 2.24) is 4.98 Å². The number of aliphatic hydroxyl groups is 1. The van der Waals surface area contributed by atoms with Gasteiger partial charge in [0.1, 0.15) is 17.0 Å². The average molecular weight is 195 g/mol. The van der Waals surface area contributed by atoms with Gasteiger partial charge in [0.15, 0.2) is 0 Å². The molecule has 0 saturated carbocycles. The van der Waals surface area contributed by atoms with Gasteiger partial charge in [-0.3, -0.25) is 4.98 Å². The lowest BCUT2D eigenvalue weighted by atomic mass is 9.88. The first-order valence-electron chi connectivity index (χ1n) is 4.72. The molecule has 3 nitrogen and oxygen atoms in total. The van der Waals surface area contributed by atoms with Crippen LogP contribution >= 0.6 is 0 Å². The van der Waals surface area contributed by atoms with Crippen molar-refractivity contribution in [2.75, 3.05) is 7.11 Å². The molecule has 3 heteroatoms. The average Bonchev–Trinajstić information content (AvgIpc) is 2.17. The number of methoxy groups -OCH3 is 1. The van der Waals surface area contributed by atoms with E-state index in [9.17, 15) is 5.11 Å². The van der Waals surface area contributed by atoms with Crippen LogP contribution in [0.3, 0.4) is 0 Å². The minimum atomic E-state index is -0.952. The second-order valence-corrected chi connectivity index (χ2v) is 3.86. The van der Waals surface area contributed by atoms with Crippen molar-refractivity contribution in [2.45, 2.75) is 26.4 Å². The molecule has 0 radical (unpaired) electrons. The summed E-state index contributed by atoms with van der Waals surface area (Å²) < 4.78 is 5.16. The van der Waals surface area contributed by atoms with E-state index in [2.05, 4.69) is 4.98 Å². The minimum absolute atomic E-state index is 0.0892. The molecule has 0 spiro atoms. The lowest BCUT2D eigenvalue weighted by Gasteiger charge is -2.28. The van der Waals surface area contributed by atoms with Gasteiger partial charge in [0.2, 0.25) is 0 Å².